The van der Waals surface area contributed by atoms with Gasteiger partial charge < -0.3 is 9.47 Å². The minimum Gasteiger partial charge on any atom is -0.497 e. The predicted molar refractivity (Wildman–Crippen MR) is 73.5 cm³/mol. The molecule has 0 aliphatic carbocycles. The molecule has 2 aromatic rings. The quantitative estimate of drug-likeness (QED) is 0.822. The Labute approximate surface area is 112 Å². The van der Waals surface area contributed by atoms with Crippen molar-refractivity contribution in [3.05, 3.63) is 60.2 Å². The summed E-state index contributed by atoms with van der Waals surface area (Å²) in [6.45, 7) is 1.53. The summed E-state index contributed by atoms with van der Waals surface area (Å²) in [6, 6.07) is 16.6. The summed E-state index contributed by atoms with van der Waals surface area (Å²) < 4.78 is 10.8. The first-order chi connectivity index (χ1) is 9.20. The molecule has 98 valence electrons. The Bertz CT molecular complexity index is 532. The van der Waals surface area contributed by atoms with Crippen molar-refractivity contribution < 1.29 is 14.3 Å². The minimum atomic E-state index is -0.574. The van der Waals surface area contributed by atoms with Crippen LogP contribution < -0.4 is 9.47 Å². The molecule has 2 rings (SSSR count). The standard InChI is InChI=1S/C16H16O3/c1-12(17)16(13-6-4-3-5-7-13)19-15-10-8-14(18-2)9-11-15/h3-11,16H,1-2H3. The van der Waals surface area contributed by atoms with Crippen LogP contribution in [0.3, 0.4) is 0 Å². The van der Waals surface area contributed by atoms with Gasteiger partial charge in [-0.2, -0.15) is 0 Å². The second kappa shape index (κ2) is 6.05. The van der Waals surface area contributed by atoms with Gasteiger partial charge in [0.25, 0.3) is 0 Å². The molecule has 1 atom stereocenters. The van der Waals surface area contributed by atoms with E-state index in [0.29, 0.717) is 5.75 Å². The van der Waals surface area contributed by atoms with Crippen molar-refractivity contribution in [1.82, 2.24) is 0 Å². The average Bonchev–Trinajstić information content (AvgIpc) is 2.46. The van der Waals surface area contributed by atoms with Gasteiger partial charge >= 0.3 is 0 Å². The van der Waals surface area contributed by atoms with Gasteiger partial charge in [-0.3, -0.25) is 4.79 Å². The molecule has 0 spiro atoms. The molecule has 0 aliphatic heterocycles. The molecule has 0 fully saturated rings. The van der Waals surface area contributed by atoms with E-state index in [2.05, 4.69) is 0 Å². The molecule has 0 saturated heterocycles. The van der Waals surface area contributed by atoms with Crippen LogP contribution in [0, 0.1) is 0 Å². The van der Waals surface area contributed by atoms with Crippen LogP contribution in [0.15, 0.2) is 54.6 Å². The number of benzene rings is 2. The topological polar surface area (TPSA) is 35.5 Å². The number of ether oxygens (including phenoxy) is 2. The predicted octanol–water partition coefficient (Wildman–Crippen LogP) is 3.40. The van der Waals surface area contributed by atoms with E-state index >= 15 is 0 Å². The van der Waals surface area contributed by atoms with E-state index < -0.39 is 6.10 Å². The summed E-state index contributed by atoms with van der Waals surface area (Å²) in [4.78, 5) is 11.7. The van der Waals surface area contributed by atoms with Crippen molar-refractivity contribution >= 4 is 5.78 Å². The molecule has 0 bridgehead atoms. The number of carbonyl (C=O) groups is 1. The number of carbonyl (C=O) groups excluding carboxylic acids is 1. The molecule has 3 nitrogen and oxygen atoms in total. The Hall–Kier alpha value is -2.29. The number of rotatable bonds is 5. The number of Topliss-reactive ketones (excluding diaryl/α,β-unsaturated/α-hetero) is 1. The van der Waals surface area contributed by atoms with Crippen LogP contribution in [-0.4, -0.2) is 12.9 Å². The summed E-state index contributed by atoms with van der Waals surface area (Å²) >= 11 is 0. The summed E-state index contributed by atoms with van der Waals surface area (Å²) in [7, 11) is 1.61. The molecule has 0 saturated carbocycles. The molecule has 0 aromatic heterocycles. The molecular weight excluding hydrogens is 240 g/mol. The first-order valence-corrected chi connectivity index (χ1v) is 6.07. The van der Waals surface area contributed by atoms with E-state index in [-0.39, 0.29) is 5.78 Å². The molecule has 19 heavy (non-hydrogen) atoms. The Balaban J connectivity index is 2.19. The van der Waals surface area contributed by atoms with Crippen LogP contribution in [0.4, 0.5) is 0 Å². The summed E-state index contributed by atoms with van der Waals surface area (Å²) in [6.07, 6.45) is -0.574. The zero-order valence-electron chi connectivity index (χ0n) is 11.0. The van der Waals surface area contributed by atoms with Gasteiger partial charge in [0.15, 0.2) is 11.9 Å². The third-order valence-electron chi connectivity index (χ3n) is 2.78. The SMILES string of the molecule is COc1ccc(OC(C(C)=O)c2ccccc2)cc1. The van der Waals surface area contributed by atoms with Gasteiger partial charge in [-0.1, -0.05) is 30.3 Å². The Morgan fingerprint density at radius 2 is 1.53 bits per heavy atom. The minimum absolute atomic E-state index is 0.0259. The van der Waals surface area contributed by atoms with E-state index in [4.69, 9.17) is 9.47 Å². The third kappa shape index (κ3) is 3.35. The monoisotopic (exact) mass is 256 g/mol. The van der Waals surface area contributed by atoms with Crippen LogP contribution in [0.25, 0.3) is 0 Å². The Morgan fingerprint density at radius 1 is 0.947 bits per heavy atom. The highest BCUT2D eigenvalue weighted by molar-refractivity contribution is 5.82. The highest BCUT2D eigenvalue weighted by Crippen LogP contribution is 2.24. The largest absolute Gasteiger partial charge is 0.497 e. The number of ketones is 1. The highest BCUT2D eigenvalue weighted by atomic mass is 16.5. The van der Waals surface area contributed by atoms with Crippen LogP contribution in [0.1, 0.15) is 18.6 Å². The van der Waals surface area contributed by atoms with Gasteiger partial charge in [-0.25, -0.2) is 0 Å². The number of hydrogen-bond donors (Lipinski definition) is 0. The maximum absolute atomic E-state index is 11.7. The van der Waals surface area contributed by atoms with Crippen molar-refractivity contribution in [1.29, 1.82) is 0 Å². The van der Waals surface area contributed by atoms with E-state index in [0.717, 1.165) is 11.3 Å². The van der Waals surface area contributed by atoms with E-state index in [1.165, 1.54) is 6.92 Å². The van der Waals surface area contributed by atoms with Crippen molar-refractivity contribution in [3.63, 3.8) is 0 Å². The summed E-state index contributed by atoms with van der Waals surface area (Å²) in [5.41, 5.74) is 0.853. The Kier molecular flexibility index (Phi) is 4.18. The van der Waals surface area contributed by atoms with Gasteiger partial charge in [0.05, 0.1) is 7.11 Å². The first kappa shape index (κ1) is 13.1. The van der Waals surface area contributed by atoms with E-state index in [9.17, 15) is 4.79 Å². The average molecular weight is 256 g/mol. The summed E-state index contributed by atoms with van der Waals surface area (Å²) in [5, 5.41) is 0. The van der Waals surface area contributed by atoms with Crippen LogP contribution in [0.2, 0.25) is 0 Å². The third-order valence-corrected chi connectivity index (χ3v) is 2.78. The van der Waals surface area contributed by atoms with Crippen LogP contribution in [0.5, 0.6) is 11.5 Å². The lowest BCUT2D eigenvalue weighted by atomic mass is 10.1. The highest BCUT2D eigenvalue weighted by Gasteiger charge is 2.18. The lowest BCUT2D eigenvalue weighted by Crippen LogP contribution is -2.15. The molecule has 0 aliphatic rings. The molecule has 0 amide bonds. The van der Waals surface area contributed by atoms with E-state index in [1.807, 2.05) is 30.3 Å². The lowest BCUT2D eigenvalue weighted by molar-refractivity contribution is -0.123. The molecule has 3 heteroatoms. The fraction of sp³-hybridized carbons (Fsp3) is 0.188. The van der Waals surface area contributed by atoms with Gasteiger partial charge in [0.1, 0.15) is 11.5 Å². The van der Waals surface area contributed by atoms with Crippen LogP contribution in [-0.2, 0) is 4.79 Å². The van der Waals surface area contributed by atoms with Crippen LogP contribution >= 0.6 is 0 Å². The second-order valence-electron chi connectivity index (χ2n) is 4.19. The zero-order chi connectivity index (χ0) is 13.7. The second-order valence-corrected chi connectivity index (χ2v) is 4.19. The maximum Gasteiger partial charge on any atom is 0.181 e. The fourth-order valence-corrected chi connectivity index (χ4v) is 1.80. The fourth-order valence-electron chi connectivity index (χ4n) is 1.80. The molecule has 1 unspecified atom stereocenters. The smallest absolute Gasteiger partial charge is 0.181 e. The van der Waals surface area contributed by atoms with E-state index in [1.54, 1.807) is 31.4 Å². The van der Waals surface area contributed by atoms with Crippen molar-refractivity contribution in [2.24, 2.45) is 0 Å². The Morgan fingerprint density at radius 3 is 2.05 bits per heavy atom. The molecule has 2 aromatic carbocycles. The normalized spacial score (nSPS) is 11.7. The summed E-state index contributed by atoms with van der Waals surface area (Å²) in [5.74, 6) is 1.37. The molecule has 0 N–H and O–H groups in total. The molecule has 0 radical (unpaired) electrons. The van der Waals surface area contributed by atoms with Gasteiger partial charge in [-0.15, -0.1) is 0 Å². The van der Waals surface area contributed by atoms with Crippen molar-refractivity contribution in [3.8, 4) is 11.5 Å². The van der Waals surface area contributed by atoms with Gasteiger partial charge in [0.2, 0.25) is 0 Å². The molecular formula is C16H16O3. The number of methoxy groups -OCH3 is 1. The van der Waals surface area contributed by atoms with Crippen molar-refractivity contribution in [2.75, 3.05) is 7.11 Å². The maximum atomic E-state index is 11.7. The van der Waals surface area contributed by atoms with Gasteiger partial charge in [-0.05, 0) is 36.8 Å². The van der Waals surface area contributed by atoms with Gasteiger partial charge in [0, 0.05) is 0 Å². The first-order valence-electron chi connectivity index (χ1n) is 6.07. The lowest BCUT2D eigenvalue weighted by Gasteiger charge is -2.17. The van der Waals surface area contributed by atoms with Crippen molar-refractivity contribution in [2.45, 2.75) is 13.0 Å². The zero-order valence-corrected chi connectivity index (χ0v) is 11.0. The number of hydrogen-bond acceptors (Lipinski definition) is 3. The molecule has 0 heterocycles.